The van der Waals surface area contributed by atoms with Crippen LogP contribution in [0.4, 0.5) is 0 Å². The van der Waals surface area contributed by atoms with Crippen molar-refractivity contribution in [2.45, 2.75) is 25.8 Å². The van der Waals surface area contributed by atoms with Crippen molar-refractivity contribution in [2.75, 3.05) is 11.5 Å². The Hall–Kier alpha value is -1.82. The normalized spacial score (nSPS) is 11.7. The van der Waals surface area contributed by atoms with Crippen molar-refractivity contribution >= 4 is 29.4 Å². The lowest BCUT2D eigenvalue weighted by Crippen LogP contribution is -2.34. The van der Waals surface area contributed by atoms with Crippen LogP contribution in [0.15, 0.2) is 30.3 Å². The quantitative estimate of drug-likeness (QED) is 0.681. The topological polar surface area (TPSA) is 83.5 Å². The number of thioether (sulfide) groups is 1. The van der Waals surface area contributed by atoms with Crippen molar-refractivity contribution in [3.05, 3.63) is 35.9 Å². The van der Waals surface area contributed by atoms with E-state index < -0.39 is 5.97 Å². The summed E-state index contributed by atoms with van der Waals surface area (Å²) in [6.07, 6.45) is 0.426. The zero-order valence-electron chi connectivity index (χ0n) is 11.9. The second kappa shape index (κ2) is 9.18. The van der Waals surface area contributed by atoms with E-state index in [1.54, 1.807) is 31.2 Å². The van der Waals surface area contributed by atoms with Crippen LogP contribution in [0.25, 0.3) is 0 Å². The highest BCUT2D eigenvalue weighted by molar-refractivity contribution is 8.00. The SMILES string of the molecule is CC(CCC(=O)O)NC(=O)CSCC(=O)c1ccccc1. The van der Waals surface area contributed by atoms with Crippen LogP contribution in [0.2, 0.25) is 0 Å². The van der Waals surface area contributed by atoms with E-state index in [0.29, 0.717) is 12.0 Å². The third-order valence-electron chi connectivity index (χ3n) is 2.76. The minimum Gasteiger partial charge on any atom is -0.481 e. The van der Waals surface area contributed by atoms with Gasteiger partial charge in [-0.15, -0.1) is 11.8 Å². The molecule has 21 heavy (non-hydrogen) atoms. The molecule has 0 bridgehead atoms. The van der Waals surface area contributed by atoms with Crippen LogP contribution in [0, 0.1) is 0 Å². The summed E-state index contributed by atoms with van der Waals surface area (Å²) in [6.45, 7) is 1.76. The number of carbonyl (C=O) groups is 3. The smallest absolute Gasteiger partial charge is 0.303 e. The van der Waals surface area contributed by atoms with Crippen molar-refractivity contribution in [1.82, 2.24) is 5.32 Å². The Labute approximate surface area is 128 Å². The summed E-state index contributed by atoms with van der Waals surface area (Å²) in [5, 5.41) is 11.3. The van der Waals surface area contributed by atoms with E-state index in [-0.39, 0.29) is 35.7 Å². The number of hydrogen-bond acceptors (Lipinski definition) is 4. The van der Waals surface area contributed by atoms with Crippen LogP contribution in [0.1, 0.15) is 30.1 Å². The Morgan fingerprint density at radius 3 is 2.48 bits per heavy atom. The number of hydrogen-bond donors (Lipinski definition) is 2. The number of carboxylic acids is 1. The number of rotatable bonds is 9. The fourth-order valence-corrected chi connectivity index (χ4v) is 2.40. The summed E-state index contributed by atoms with van der Waals surface area (Å²) in [5.41, 5.74) is 0.639. The zero-order valence-corrected chi connectivity index (χ0v) is 12.7. The molecule has 114 valence electrons. The summed E-state index contributed by atoms with van der Waals surface area (Å²) in [6, 6.07) is 8.76. The second-order valence-corrected chi connectivity index (χ2v) is 5.67. The van der Waals surface area contributed by atoms with Crippen LogP contribution in [-0.2, 0) is 9.59 Å². The Kier molecular flexibility index (Phi) is 7.53. The molecule has 1 atom stereocenters. The maximum atomic E-state index is 11.8. The summed E-state index contributed by atoms with van der Waals surface area (Å²) in [5.74, 6) is -0.623. The average Bonchev–Trinajstić information content (AvgIpc) is 2.46. The highest BCUT2D eigenvalue weighted by atomic mass is 32.2. The first-order chi connectivity index (χ1) is 9.99. The Balaban J connectivity index is 2.21. The van der Waals surface area contributed by atoms with Crippen LogP contribution in [-0.4, -0.2) is 40.3 Å². The molecule has 0 spiro atoms. The molecule has 0 aliphatic rings. The first-order valence-electron chi connectivity index (χ1n) is 6.66. The molecule has 0 aromatic heterocycles. The van der Waals surface area contributed by atoms with Crippen molar-refractivity contribution in [3.8, 4) is 0 Å². The fraction of sp³-hybridized carbons (Fsp3) is 0.400. The van der Waals surface area contributed by atoms with Gasteiger partial charge in [0.25, 0.3) is 0 Å². The number of carboxylic acid groups (broad SMARTS) is 1. The van der Waals surface area contributed by atoms with E-state index in [1.165, 1.54) is 11.8 Å². The Morgan fingerprint density at radius 1 is 1.19 bits per heavy atom. The standard InChI is InChI=1S/C15H19NO4S/c1-11(7-8-15(19)20)16-14(18)10-21-9-13(17)12-5-3-2-4-6-12/h2-6,11H,7-10H2,1H3,(H,16,18)(H,19,20). The zero-order chi connectivity index (χ0) is 15.7. The van der Waals surface area contributed by atoms with E-state index in [0.717, 1.165) is 0 Å². The number of Topliss-reactive ketones (excluding diaryl/α,β-unsaturated/α-hetero) is 1. The summed E-state index contributed by atoms with van der Waals surface area (Å²) in [7, 11) is 0. The average molecular weight is 309 g/mol. The molecule has 1 aromatic carbocycles. The maximum Gasteiger partial charge on any atom is 0.303 e. The number of nitrogens with one attached hydrogen (secondary N) is 1. The van der Waals surface area contributed by atoms with Gasteiger partial charge in [0.05, 0.1) is 11.5 Å². The van der Waals surface area contributed by atoms with E-state index >= 15 is 0 Å². The third-order valence-corrected chi connectivity index (χ3v) is 3.69. The van der Waals surface area contributed by atoms with Gasteiger partial charge in [-0.1, -0.05) is 30.3 Å². The van der Waals surface area contributed by atoms with Crippen LogP contribution < -0.4 is 5.32 Å². The van der Waals surface area contributed by atoms with Gasteiger partial charge < -0.3 is 10.4 Å². The van der Waals surface area contributed by atoms with Gasteiger partial charge in [-0.05, 0) is 13.3 Å². The largest absolute Gasteiger partial charge is 0.481 e. The number of benzene rings is 1. The maximum absolute atomic E-state index is 11.8. The lowest BCUT2D eigenvalue weighted by molar-refractivity contribution is -0.137. The first kappa shape index (κ1) is 17.2. The van der Waals surface area contributed by atoms with Crippen LogP contribution >= 0.6 is 11.8 Å². The first-order valence-corrected chi connectivity index (χ1v) is 7.81. The molecule has 1 rings (SSSR count). The summed E-state index contributed by atoms with van der Waals surface area (Å²) in [4.78, 5) is 33.9. The van der Waals surface area contributed by atoms with Gasteiger partial charge in [0, 0.05) is 18.0 Å². The lowest BCUT2D eigenvalue weighted by Gasteiger charge is -2.12. The fourth-order valence-electron chi connectivity index (χ4n) is 1.67. The molecule has 0 heterocycles. The third kappa shape index (κ3) is 7.51. The highest BCUT2D eigenvalue weighted by Gasteiger charge is 2.11. The highest BCUT2D eigenvalue weighted by Crippen LogP contribution is 2.07. The number of ketones is 1. The van der Waals surface area contributed by atoms with E-state index in [9.17, 15) is 14.4 Å². The predicted molar refractivity (Wildman–Crippen MR) is 82.6 cm³/mol. The summed E-state index contributed by atoms with van der Waals surface area (Å²) >= 11 is 1.25. The minimum absolute atomic E-state index is 0.00711. The Morgan fingerprint density at radius 2 is 1.86 bits per heavy atom. The van der Waals surface area contributed by atoms with Crippen LogP contribution in [0.3, 0.4) is 0 Å². The minimum atomic E-state index is -0.876. The molecule has 0 aliphatic heterocycles. The van der Waals surface area contributed by atoms with Gasteiger partial charge in [-0.3, -0.25) is 14.4 Å². The van der Waals surface area contributed by atoms with Gasteiger partial charge in [-0.2, -0.15) is 0 Å². The molecular weight excluding hydrogens is 290 g/mol. The summed E-state index contributed by atoms with van der Waals surface area (Å²) < 4.78 is 0. The molecular formula is C15H19NO4S. The molecule has 0 radical (unpaired) electrons. The molecule has 2 N–H and O–H groups in total. The molecule has 1 unspecified atom stereocenters. The van der Waals surface area contributed by atoms with E-state index in [1.807, 2.05) is 6.07 Å². The number of amides is 1. The molecule has 5 nitrogen and oxygen atoms in total. The predicted octanol–water partition coefficient (Wildman–Crippen LogP) is 1.97. The lowest BCUT2D eigenvalue weighted by atomic mass is 10.2. The molecule has 1 amide bonds. The van der Waals surface area contributed by atoms with Gasteiger partial charge in [0.1, 0.15) is 0 Å². The number of aliphatic carboxylic acids is 1. The van der Waals surface area contributed by atoms with Crippen LogP contribution in [0.5, 0.6) is 0 Å². The molecule has 0 saturated carbocycles. The van der Waals surface area contributed by atoms with E-state index in [4.69, 9.17) is 5.11 Å². The van der Waals surface area contributed by atoms with Crippen molar-refractivity contribution in [2.24, 2.45) is 0 Å². The van der Waals surface area contributed by atoms with Gasteiger partial charge in [-0.25, -0.2) is 0 Å². The molecule has 0 saturated heterocycles. The molecule has 1 aromatic rings. The second-order valence-electron chi connectivity index (χ2n) is 4.68. The molecule has 6 heteroatoms. The molecule has 0 fully saturated rings. The Bertz CT molecular complexity index is 490. The number of carbonyl (C=O) groups excluding carboxylic acids is 2. The van der Waals surface area contributed by atoms with Crippen molar-refractivity contribution in [1.29, 1.82) is 0 Å². The molecule has 0 aliphatic carbocycles. The van der Waals surface area contributed by atoms with E-state index in [2.05, 4.69) is 5.32 Å². The van der Waals surface area contributed by atoms with Gasteiger partial charge in [0.15, 0.2) is 5.78 Å². The van der Waals surface area contributed by atoms with Crippen molar-refractivity contribution in [3.63, 3.8) is 0 Å². The van der Waals surface area contributed by atoms with Crippen molar-refractivity contribution < 1.29 is 19.5 Å². The van der Waals surface area contributed by atoms with Gasteiger partial charge >= 0.3 is 5.97 Å². The van der Waals surface area contributed by atoms with Gasteiger partial charge in [0.2, 0.25) is 5.91 Å². The monoisotopic (exact) mass is 309 g/mol.